The van der Waals surface area contributed by atoms with Crippen LogP contribution in [0.1, 0.15) is 33.6 Å². The Morgan fingerprint density at radius 1 is 1.26 bits per heavy atom. The largest absolute Gasteiger partial charge is 0.480 e. The van der Waals surface area contributed by atoms with Gasteiger partial charge in [0, 0.05) is 6.54 Å². The number of aliphatic carboxylic acids is 1. The molecule has 7 heteroatoms. The molecule has 0 aliphatic heterocycles. The maximum Gasteiger partial charge on any atom is 0.326 e. The molecule has 0 radical (unpaired) electrons. The van der Waals surface area contributed by atoms with Gasteiger partial charge in [-0.1, -0.05) is 20.8 Å². The van der Waals surface area contributed by atoms with Crippen molar-refractivity contribution in [2.24, 2.45) is 22.8 Å². The Labute approximate surface area is 112 Å². The van der Waals surface area contributed by atoms with Crippen LogP contribution in [0.3, 0.4) is 0 Å². The minimum Gasteiger partial charge on any atom is -0.480 e. The van der Waals surface area contributed by atoms with Gasteiger partial charge in [-0.15, -0.1) is 0 Å². The second-order valence-corrected chi connectivity index (χ2v) is 5.77. The molecule has 0 aromatic heterocycles. The lowest BCUT2D eigenvalue weighted by atomic mass is 9.84. The van der Waals surface area contributed by atoms with E-state index in [4.69, 9.17) is 16.6 Å². The van der Waals surface area contributed by atoms with Crippen LogP contribution < -0.4 is 16.8 Å². The van der Waals surface area contributed by atoms with Crippen molar-refractivity contribution in [3.05, 3.63) is 0 Å². The number of carboxylic acids is 1. The summed E-state index contributed by atoms with van der Waals surface area (Å²) in [6.45, 7) is 6.00. The number of carboxylic acid groups (broad SMARTS) is 1. The van der Waals surface area contributed by atoms with Gasteiger partial charge in [-0.2, -0.15) is 0 Å². The summed E-state index contributed by atoms with van der Waals surface area (Å²) in [5.74, 6) is -3.03. The second-order valence-electron chi connectivity index (χ2n) is 5.77. The maximum absolute atomic E-state index is 11.9. The minimum atomic E-state index is -1.31. The third kappa shape index (κ3) is 7.40. The van der Waals surface area contributed by atoms with Crippen LogP contribution >= 0.6 is 0 Å². The predicted octanol–water partition coefficient (Wildman–Crippen LogP) is -0.558. The van der Waals surface area contributed by atoms with Crippen LogP contribution in [0.25, 0.3) is 0 Å². The number of rotatable bonds is 7. The number of nitrogens with two attached hydrogens (primary N) is 2. The van der Waals surface area contributed by atoms with E-state index in [1.165, 1.54) is 0 Å². The van der Waals surface area contributed by atoms with Crippen LogP contribution in [-0.4, -0.2) is 35.5 Å². The lowest BCUT2D eigenvalue weighted by Crippen LogP contribution is -2.47. The normalized spacial score (nSPS) is 14.5. The second kappa shape index (κ2) is 7.08. The van der Waals surface area contributed by atoms with Crippen molar-refractivity contribution in [1.29, 1.82) is 0 Å². The summed E-state index contributed by atoms with van der Waals surface area (Å²) in [4.78, 5) is 33.6. The van der Waals surface area contributed by atoms with Gasteiger partial charge in [-0.25, -0.2) is 4.79 Å². The summed E-state index contributed by atoms with van der Waals surface area (Å²) < 4.78 is 0. The molecular weight excluding hydrogens is 250 g/mol. The summed E-state index contributed by atoms with van der Waals surface area (Å²) in [5, 5.41) is 11.2. The van der Waals surface area contributed by atoms with Gasteiger partial charge in [-0.3, -0.25) is 9.59 Å². The molecule has 0 aliphatic rings. The number of carbonyl (C=O) groups excluding carboxylic acids is 2. The Kier molecular flexibility index (Phi) is 6.47. The molecule has 7 nitrogen and oxygen atoms in total. The minimum absolute atomic E-state index is 0.107. The maximum atomic E-state index is 11.9. The zero-order valence-corrected chi connectivity index (χ0v) is 11.6. The fourth-order valence-electron chi connectivity index (χ4n) is 1.71. The van der Waals surface area contributed by atoms with Crippen LogP contribution in [0.2, 0.25) is 0 Å². The first-order valence-electron chi connectivity index (χ1n) is 6.08. The first-order chi connectivity index (χ1) is 8.56. The zero-order chi connectivity index (χ0) is 15.2. The highest BCUT2D eigenvalue weighted by Gasteiger charge is 2.28. The van der Waals surface area contributed by atoms with Gasteiger partial charge >= 0.3 is 5.97 Å². The highest BCUT2D eigenvalue weighted by atomic mass is 16.4. The Bertz CT molecular complexity index is 349. The van der Waals surface area contributed by atoms with Gasteiger partial charge in [-0.05, 0) is 11.8 Å². The first kappa shape index (κ1) is 17.4. The Morgan fingerprint density at radius 2 is 1.79 bits per heavy atom. The van der Waals surface area contributed by atoms with Crippen molar-refractivity contribution >= 4 is 17.8 Å². The molecule has 110 valence electrons. The number of primary amides is 1. The first-order valence-corrected chi connectivity index (χ1v) is 6.08. The van der Waals surface area contributed by atoms with Gasteiger partial charge in [0.05, 0.1) is 12.3 Å². The van der Waals surface area contributed by atoms with E-state index in [-0.39, 0.29) is 12.0 Å². The number of amides is 2. The average Bonchev–Trinajstić information content (AvgIpc) is 2.22. The third-order valence-corrected chi connectivity index (χ3v) is 2.53. The van der Waals surface area contributed by atoms with E-state index >= 15 is 0 Å². The van der Waals surface area contributed by atoms with E-state index in [9.17, 15) is 14.4 Å². The SMILES string of the molecule is CC(C)(C)CC(CN)C(=O)N[C@H](CC(N)=O)C(=O)O. The summed E-state index contributed by atoms with van der Waals surface area (Å²) in [5.41, 5.74) is 10.4. The molecule has 0 heterocycles. The Morgan fingerprint density at radius 3 is 2.11 bits per heavy atom. The van der Waals surface area contributed by atoms with Crippen LogP contribution in [0.15, 0.2) is 0 Å². The van der Waals surface area contributed by atoms with E-state index in [1.54, 1.807) is 0 Å². The molecule has 0 aliphatic carbocycles. The molecule has 0 rings (SSSR count). The monoisotopic (exact) mass is 273 g/mol. The molecule has 0 spiro atoms. The molecule has 0 saturated carbocycles. The van der Waals surface area contributed by atoms with Crippen molar-refractivity contribution in [2.45, 2.75) is 39.7 Å². The topological polar surface area (TPSA) is 136 Å². The lowest BCUT2D eigenvalue weighted by molar-refractivity contribution is -0.144. The quantitative estimate of drug-likeness (QED) is 0.493. The van der Waals surface area contributed by atoms with E-state index in [0.29, 0.717) is 6.42 Å². The molecule has 1 unspecified atom stereocenters. The summed E-state index contributed by atoms with van der Waals surface area (Å²) in [6.07, 6.45) is 0.0894. The van der Waals surface area contributed by atoms with Crippen molar-refractivity contribution in [3.63, 3.8) is 0 Å². The molecule has 6 N–H and O–H groups in total. The molecular formula is C12H23N3O4. The van der Waals surface area contributed by atoms with E-state index in [2.05, 4.69) is 5.32 Å². The summed E-state index contributed by atoms with van der Waals surface area (Å²) >= 11 is 0. The van der Waals surface area contributed by atoms with E-state index in [1.807, 2.05) is 20.8 Å². The van der Waals surface area contributed by atoms with Gasteiger partial charge in [0.25, 0.3) is 0 Å². The van der Waals surface area contributed by atoms with Gasteiger partial charge < -0.3 is 21.9 Å². The number of carbonyl (C=O) groups is 3. The van der Waals surface area contributed by atoms with Crippen molar-refractivity contribution < 1.29 is 19.5 Å². The highest BCUT2D eigenvalue weighted by molar-refractivity contribution is 5.88. The van der Waals surface area contributed by atoms with E-state index < -0.39 is 36.2 Å². The van der Waals surface area contributed by atoms with Gasteiger partial charge in [0.1, 0.15) is 6.04 Å². The number of hydrogen-bond acceptors (Lipinski definition) is 4. The molecule has 19 heavy (non-hydrogen) atoms. The van der Waals surface area contributed by atoms with Crippen LogP contribution in [0.4, 0.5) is 0 Å². The summed E-state index contributed by atoms with van der Waals surface area (Å²) in [6, 6.07) is -1.31. The Balaban J connectivity index is 4.68. The molecule has 0 aromatic rings. The molecule has 0 saturated heterocycles. The van der Waals surface area contributed by atoms with Crippen molar-refractivity contribution in [2.75, 3.05) is 6.54 Å². The standard InChI is InChI=1S/C12H23N3O4/c1-12(2,3)5-7(6-13)10(17)15-8(11(18)19)4-9(14)16/h7-8H,4-6,13H2,1-3H3,(H2,14,16)(H,15,17)(H,18,19)/t7?,8-/m1/s1. The lowest BCUT2D eigenvalue weighted by Gasteiger charge is -2.25. The Hall–Kier alpha value is -1.63. The van der Waals surface area contributed by atoms with Gasteiger partial charge in [0.2, 0.25) is 11.8 Å². The molecule has 0 bridgehead atoms. The van der Waals surface area contributed by atoms with E-state index in [0.717, 1.165) is 0 Å². The highest BCUT2D eigenvalue weighted by Crippen LogP contribution is 2.24. The van der Waals surface area contributed by atoms with Crippen molar-refractivity contribution in [3.8, 4) is 0 Å². The fraction of sp³-hybridized carbons (Fsp3) is 0.750. The summed E-state index contributed by atoms with van der Waals surface area (Å²) in [7, 11) is 0. The zero-order valence-electron chi connectivity index (χ0n) is 11.6. The smallest absolute Gasteiger partial charge is 0.326 e. The van der Waals surface area contributed by atoms with Crippen molar-refractivity contribution in [1.82, 2.24) is 5.32 Å². The predicted molar refractivity (Wildman–Crippen MR) is 70.0 cm³/mol. The van der Waals surface area contributed by atoms with Gasteiger partial charge in [0.15, 0.2) is 0 Å². The molecule has 0 aromatic carbocycles. The third-order valence-electron chi connectivity index (χ3n) is 2.53. The molecule has 0 fully saturated rings. The fourth-order valence-corrected chi connectivity index (χ4v) is 1.71. The number of nitrogens with one attached hydrogen (secondary N) is 1. The van der Waals surface area contributed by atoms with Crippen LogP contribution in [-0.2, 0) is 14.4 Å². The molecule has 2 atom stereocenters. The molecule has 2 amide bonds. The van der Waals surface area contributed by atoms with Crippen LogP contribution in [0, 0.1) is 11.3 Å². The average molecular weight is 273 g/mol. The van der Waals surface area contributed by atoms with Crippen LogP contribution in [0.5, 0.6) is 0 Å². The number of hydrogen-bond donors (Lipinski definition) is 4.